The van der Waals surface area contributed by atoms with Gasteiger partial charge in [-0.2, -0.15) is 10.5 Å². The Kier molecular flexibility index (Phi) is 4.88. The van der Waals surface area contributed by atoms with Crippen LogP contribution in [0.3, 0.4) is 0 Å². The number of nitriles is 2. The average molecular weight is 473 g/mol. The van der Waals surface area contributed by atoms with E-state index in [1.54, 1.807) is 0 Å². The van der Waals surface area contributed by atoms with Crippen LogP contribution in [0.25, 0.3) is 0 Å². The molecular formula is C31H40N2O2. The molecule has 4 nitrogen and oxygen atoms in total. The minimum Gasteiger partial charge on any atom is -0.295 e. The first kappa shape index (κ1) is 24.5. The molecule has 5 rings (SSSR count). The Labute approximate surface area is 210 Å². The number of carbonyl (C=O) groups is 2. The minimum atomic E-state index is -0.645. The summed E-state index contributed by atoms with van der Waals surface area (Å²) < 4.78 is 0. The third-order valence-electron chi connectivity index (χ3n) is 12.1. The summed E-state index contributed by atoms with van der Waals surface area (Å²) in [6.45, 7) is 15.4. The molecular weight excluding hydrogens is 432 g/mol. The van der Waals surface area contributed by atoms with Crippen LogP contribution in [0.2, 0.25) is 0 Å². The maximum absolute atomic E-state index is 14.2. The highest BCUT2D eigenvalue weighted by Crippen LogP contribution is 2.74. The van der Waals surface area contributed by atoms with Gasteiger partial charge in [0.2, 0.25) is 0 Å². The van der Waals surface area contributed by atoms with Crippen LogP contribution in [0.5, 0.6) is 0 Å². The number of hydrogen-bond acceptors (Lipinski definition) is 4. The quantitative estimate of drug-likeness (QED) is 0.391. The largest absolute Gasteiger partial charge is 0.295 e. The molecule has 0 radical (unpaired) electrons. The third kappa shape index (κ3) is 2.84. The maximum Gasteiger partial charge on any atom is 0.178 e. The lowest BCUT2D eigenvalue weighted by Crippen LogP contribution is -2.64. The van der Waals surface area contributed by atoms with Crippen LogP contribution in [0.1, 0.15) is 93.4 Å². The Morgan fingerprint density at radius 2 is 1.57 bits per heavy atom. The molecule has 0 amide bonds. The summed E-state index contributed by atoms with van der Waals surface area (Å²) >= 11 is 0. The molecule has 0 N–H and O–H groups in total. The molecule has 0 saturated heterocycles. The van der Waals surface area contributed by atoms with E-state index in [0.717, 1.165) is 50.5 Å². The number of fused-ring (bicyclic) bond motifs is 7. The number of allylic oxidation sites excluding steroid dienone is 4. The summed E-state index contributed by atoms with van der Waals surface area (Å²) in [7, 11) is 0. The predicted molar refractivity (Wildman–Crippen MR) is 135 cm³/mol. The van der Waals surface area contributed by atoms with Crippen molar-refractivity contribution in [3.8, 4) is 12.1 Å². The monoisotopic (exact) mass is 472 g/mol. The first-order valence-electron chi connectivity index (χ1n) is 13.5. The van der Waals surface area contributed by atoms with Crippen molar-refractivity contribution in [2.45, 2.75) is 93.4 Å². The van der Waals surface area contributed by atoms with Crippen LogP contribution in [0.4, 0.5) is 0 Å². The fourth-order valence-electron chi connectivity index (χ4n) is 9.83. The third-order valence-corrected chi connectivity index (χ3v) is 12.1. The highest BCUT2D eigenvalue weighted by Gasteiger charge is 2.69. The zero-order valence-electron chi connectivity index (χ0n) is 22.5. The van der Waals surface area contributed by atoms with Crippen LogP contribution < -0.4 is 0 Å². The van der Waals surface area contributed by atoms with Crippen molar-refractivity contribution in [2.24, 2.45) is 50.2 Å². The average Bonchev–Trinajstić information content (AvgIpc) is 2.77. The van der Waals surface area contributed by atoms with Gasteiger partial charge in [-0.15, -0.1) is 0 Å². The normalized spacial score (nSPS) is 47.5. The molecule has 3 saturated carbocycles. The summed E-state index contributed by atoms with van der Waals surface area (Å²) in [5.74, 6) is 0.0887. The molecule has 0 bridgehead atoms. The maximum atomic E-state index is 14.2. The first-order chi connectivity index (χ1) is 16.1. The number of nitrogens with zero attached hydrogens (tertiary/aromatic N) is 2. The van der Waals surface area contributed by atoms with Crippen LogP contribution in [-0.4, -0.2) is 11.6 Å². The molecule has 0 aromatic carbocycles. The molecule has 35 heavy (non-hydrogen) atoms. The molecule has 0 aromatic rings. The fourth-order valence-corrected chi connectivity index (χ4v) is 9.83. The lowest BCUT2D eigenvalue weighted by molar-refractivity contribution is -0.162. The van der Waals surface area contributed by atoms with Crippen LogP contribution >= 0.6 is 0 Å². The van der Waals surface area contributed by atoms with Gasteiger partial charge in [-0.1, -0.05) is 60.1 Å². The second kappa shape index (κ2) is 6.97. The van der Waals surface area contributed by atoms with Crippen LogP contribution in [0, 0.1) is 72.9 Å². The van der Waals surface area contributed by atoms with Crippen molar-refractivity contribution in [1.82, 2.24) is 0 Å². The van der Waals surface area contributed by atoms with Crippen molar-refractivity contribution in [2.75, 3.05) is 0 Å². The lowest BCUT2D eigenvalue weighted by Gasteiger charge is -2.68. The Hall–Kier alpha value is -2.20. The summed E-state index contributed by atoms with van der Waals surface area (Å²) in [5.41, 5.74) is -0.512. The van der Waals surface area contributed by atoms with E-state index in [1.807, 2.05) is 26.0 Å². The van der Waals surface area contributed by atoms with Crippen molar-refractivity contribution in [3.05, 3.63) is 23.3 Å². The van der Waals surface area contributed by atoms with Gasteiger partial charge in [-0.3, -0.25) is 9.59 Å². The molecule has 7 atom stereocenters. The molecule has 5 aliphatic carbocycles. The molecule has 0 aromatic heterocycles. The van der Waals surface area contributed by atoms with E-state index in [1.165, 1.54) is 0 Å². The van der Waals surface area contributed by atoms with Gasteiger partial charge in [0, 0.05) is 16.7 Å². The van der Waals surface area contributed by atoms with Gasteiger partial charge in [-0.05, 0) is 79.1 Å². The van der Waals surface area contributed by atoms with Gasteiger partial charge in [0.15, 0.2) is 11.6 Å². The Balaban J connectivity index is 1.70. The molecule has 0 heterocycles. The van der Waals surface area contributed by atoms with E-state index in [0.29, 0.717) is 0 Å². The van der Waals surface area contributed by atoms with E-state index in [9.17, 15) is 20.1 Å². The molecule has 0 aliphatic heterocycles. The summed E-state index contributed by atoms with van der Waals surface area (Å²) in [5, 5.41) is 20.2. The van der Waals surface area contributed by atoms with Crippen molar-refractivity contribution >= 4 is 11.6 Å². The van der Waals surface area contributed by atoms with E-state index < -0.39 is 16.2 Å². The zero-order valence-corrected chi connectivity index (χ0v) is 22.5. The van der Waals surface area contributed by atoms with Crippen LogP contribution in [0.15, 0.2) is 23.3 Å². The van der Waals surface area contributed by atoms with Crippen LogP contribution in [-0.2, 0) is 9.59 Å². The molecule has 3 fully saturated rings. The summed E-state index contributed by atoms with van der Waals surface area (Å²) in [6.07, 6.45) is 10.2. The topological polar surface area (TPSA) is 81.7 Å². The number of Topliss-reactive ketones (excluding diaryl/α,β-unsaturated/α-hetero) is 1. The van der Waals surface area contributed by atoms with Gasteiger partial charge in [-0.25, -0.2) is 0 Å². The Morgan fingerprint density at radius 1 is 0.914 bits per heavy atom. The minimum absolute atomic E-state index is 0.0577. The highest BCUT2D eigenvalue weighted by molar-refractivity contribution is 6.04. The highest BCUT2D eigenvalue weighted by atomic mass is 16.1. The second-order valence-electron chi connectivity index (χ2n) is 14.5. The zero-order chi connectivity index (χ0) is 25.8. The summed E-state index contributed by atoms with van der Waals surface area (Å²) in [6, 6.07) is 4.91. The molecule has 0 spiro atoms. The molecule has 186 valence electrons. The van der Waals surface area contributed by atoms with Gasteiger partial charge in [0.25, 0.3) is 0 Å². The Morgan fingerprint density at radius 3 is 2.20 bits per heavy atom. The van der Waals surface area contributed by atoms with Gasteiger partial charge >= 0.3 is 0 Å². The predicted octanol–water partition coefficient (Wildman–Crippen LogP) is 6.73. The number of rotatable bonds is 0. The molecule has 4 heteroatoms. The van der Waals surface area contributed by atoms with Gasteiger partial charge in [0.05, 0.1) is 17.1 Å². The van der Waals surface area contributed by atoms with Gasteiger partial charge < -0.3 is 0 Å². The van der Waals surface area contributed by atoms with Crippen molar-refractivity contribution in [1.29, 1.82) is 10.5 Å². The first-order valence-corrected chi connectivity index (χ1v) is 13.5. The number of hydrogen-bond donors (Lipinski definition) is 0. The second-order valence-corrected chi connectivity index (χ2v) is 14.5. The van der Waals surface area contributed by atoms with E-state index in [-0.39, 0.29) is 51.1 Å². The standard InChI is InChI=1S/C31H40N2O2/c1-26(2)10-12-31(18-33)13-11-30(7)24(20(31)16-26)21(34)14-23-28(5)15-19(17-32)25(35)27(3,4)22(28)8-9-29(23,30)6/h14-15,20,22,24H,8-13,16H2,1-7H3/t20?,22-,24?,28-,29+,30+,31+/m0/s1. The molecule has 2 unspecified atom stereocenters. The van der Waals surface area contributed by atoms with Gasteiger partial charge in [0.1, 0.15) is 6.07 Å². The molecule has 5 aliphatic rings. The Bertz CT molecular complexity index is 1180. The van der Waals surface area contributed by atoms with Crippen molar-refractivity contribution < 1.29 is 9.59 Å². The lowest BCUT2D eigenvalue weighted by atomic mass is 9.34. The van der Waals surface area contributed by atoms with E-state index in [2.05, 4.69) is 46.8 Å². The number of carbonyl (C=O) groups excluding carboxylic acids is 2. The fraction of sp³-hybridized carbons (Fsp3) is 0.742. The summed E-state index contributed by atoms with van der Waals surface area (Å²) in [4.78, 5) is 27.4. The van der Waals surface area contributed by atoms with E-state index >= 15 is 0 Å². The van der Waals surface area contributed by atoms with Crippen molar-refractivity contribution in [3.63, 3.8) is 0 Å². The van der Waals surface area contributed by atoms with E-state index in [4.69, 9.17) is 0 Å². The SMILES string of the molecule is CC1(C)CC[C@]2(C#N)CC[C@]3(C)C(C(=O)C=C4[C@@]5(C)C=C(C#N)C(=O)C(C)(C)[C@@H]5CC[C@]43C)C2C1. The number of ketones is 2. The smallest absolute Gasteiger partial charge is 0.178 e.